The molecule has 0 radical (unpaired) electrons. The van der Waals surface area contributed by atoms with Crippen molar-refractivity contribution in [1.82, 2.24) is 4.98 Å². The van der Waals surface area contributed by atoms with Gasteiger partial charge in [-0.1, -0.05) is 12.1 Å². The summed E-state index contributed by atoms with van der Waals surface area (Å²) in [7, 11) is 1.34. The van der Waals surface area contributed by atoms with Gasteiger partial charge < -0.3 is 15.2 Å². The van der Waals surface area contributed by atoms with Crippen LogP contribution in [-0.4, -0.2) is 29.6 Å². The van der Waals surface area contributed by atoms with Gasteiger partial charge in [-0.3, -0.25) is 4.98 Å². The molecular weight excluding hydrogens is 320 g/mol. The van der Waals surface area contributed by atoms with E-state index in [0.717, 1.165) is 11.1 Å². The van der Waals surface area contributed by atoms with Crippen molar-refractivity contribution in [2.75, 3.05) is 7.11 Å². The maximum Gasteiger partial charge on any atom is 0.337 e. The molecular formula is C19H22N2O4. The predicted octanol–water partition coefficient (Wildman–Crippen LogP) is 2.88. The van der Waals surface area contributed by atoms with Crippen LogP contribution in [-0.2, 0) is 14.3 Å². The molecule has 132 valence electrons. The van der Waals surface area contributed by atoms with Crippen LogP contribution in [0.1, 0.15) is 42.9 Å². The molecule has 0 saturated heterocycles. The number of nitrogens with two attached hydrogens (primary N) is 1. The molecule has 0 aliphatic heterocycles. The summed E-state index contributed by atoms with van der Waals surface area (Å²) in [5.74, 6) is -0.924. The predicted molar refractivity (Wildman–Crippen MR) is 93.8 cm³/mol. The maximum absolute atomic E-state index is 12.1. The van der Waals surface area contributed by atoms with Gasteiger partial charge in [-0.2, -0.15) is 0 Å². The monoisotopic (exact) mass is 342 g/mol. The van der Waals surface area contributed by atoms with E-state index in [1.54, 1.807) is 63.4 Å². The number of nitrogens with zero attached hydrogens (tertiary/aromatic N) is 1. The van der Waals surface area contributed by atoms with Crippen molar-refractivity contribution in [2.24, 2.45) is 5.73 Å². The van der Waals surface area contributed by atoms with Gasteiger partial charge in [0.05, 0.1) is 18.4 Å². The molecule has 0 saturated carbocycles. The summed E-state index contributed by atoms with van der Waals surface area (Å²) in [5.41, 5.74) is 7.95. The number of rotatable bonds is 4. The van der Waals surface area contributed by atoms with Crippen LogP contribution >= 0.6 is 0 Å². The topological polar surface area (TPSA) is 91.5 Å². The first-order valence-corrected chi connectivity index (χ1v) is 7.84. The Morgan fingerprint density at radius 3 is 2.28 bits per heavy atom. The number of hydrogen-bond donors (Lipinski definition) is 1. The molecule has 1 heterocycles. The molecule has 0 spiro atoms. The smallest absolute Gasteiger partial charge is 0.337 e. The van der Waals surface area contributed by atoms with E-state index in [1.165, 1.54) is 7.11 Å². The number of pyridine rings is 1. The van der Waals surface area contributed by atoms with Crippen molar-refractivity contribution < 1.29 is 19.1 Å². The van der Waals surface area contributed by atoms with E-state index in [0.29, 0.717) is 11.3 Å². The summed E-state index contributed by atoms with van der Waals surface area (Å²) in [6.45, 7) is 5.35. The third kappa shape index (κ3) is 4.87. The van der Waals surface area contributed by atoms with Gasteiger partial charge in [-0.05, 0) is 56.2 Å². The van der Waals surface area contributed by atoms with Gasteiger partial charge in [0.2, 0.25) is 0 Å². The molecule has 1 aromatic carbocycles. The zero-order valence-corrected chi connectivity index (χ0v) is 14.8. The quantitative estimate of drug-likeness (QED) is 0.859. The fourth-order valence-corrected chi connectivity index (χ4v) is 2.20. The van der Waals surface area contributed by atoms with Gasteiger partial charge >= 0.3 is 11.9 Å². The molecule has 0 aliphatic rings. The zero-order chi connectivity index (χ0) is 18.6. The van der Waals surface area contributed by atoms with E-state index < -0.39 is 23.6 Å². The Labute approximate surface area is 147 Å². The lowest BCUT2D eigenvalue weighted by Crippen LogP contribution is -2.32. The Bertz CT molecular complexity index is 764. The van der Waals surface area contributed by atoms with Crippen molar-refractivity contribution in [3.63, 3.8) is 0 Å². The molecule has 0 fully saturated rings. The van der Waals surface area contributed by atoms with Crippen LogP contribution < -0.4 is 5.73 Å². The number of ether oxygens (including phenoxy) is 2. The summed E-state index contributed by atoms with van der Waals surface area (Å²) in [4.78, 5) is 27.8. The highest BCUT2D eigenvalue weighted by atomic mass is 16.6. The van der Waals surface area contributed by atoms with Crippen LogP contribution in [0.5, 0.6) is 0 Å². The lowest BCUT2D eigenvalue weighted by molar-refractivity contribution is -0.156. The number of esters is 2. The molecule has 2 aromatic rings. The number of hydrogen-bond acceptors (Lipinski definition) is 6. The third-order valence-electron chi connectivity index (χ3n) is 3.40. The zero-order valence-electron chi connectivity index (χ0n) is 14.8. The molecule has 25 heavy (non-hydrogen) atoms. The molecule has 6 nitrogen and oxygen atoms in total. The summed E-state index contributed by atoms with van der Waals surface area (Å²) < 4.78 is 9.98. The minimum atomic E-state index is -0.964. The third-order valence-corrected chi connectivity index (χ3v) is 3.40. The SMILES string of the molecule is COC(=O)c1ccc(-c2ccnc(C(N)C(=O)OC(C)(C)C)c2)cc1. The number of carbonyl (C=O) groups is 2. The number of aromatic nitrogens is 1. The number of methoxy groups -OCH3 is 1. The fourth-order valence-electron chi connectivity index (χ4n) is 2.20. The van der Waals surface area contributed by atoms with E-state index in [9.17, 15) is 9.59 Å². The number of carbonyl (C=O) groups excluding carboxylic acids is 2. The van der Waals surface area contributed by atoms with Gasteiger partial charge in [-0.15, -0.1) is 0 Å². The summed E-state index contributed by atoms with van der Waals surface area (Å²) in [6, 6.07) is 9.52. The average Bonchev–Trinajstić information content (AvgIpc) is 2.59. The minimum Gasteiger partial charge on any atom is -0.465 e. The highest BCUT2D eigenvalue weighted by molar-refractivity contribution is 5.90. The van der Waals surface area contributed by atoms with E-state index in [4.69, 9.17) is 10.5 Å². The second kappa shape index (κ2) is 7.44. The lowest BCUT2D eigenvalue weighted by atomic mass is 10.0. The normalized spacial score (nSPS) is 12.4. The highest BCUT2D eigenvalue weighted by Crippen LogP contribution is 2.23. The van der Waals surface area contributed by atoms with Gasteiger partial charge in [0, 0.05) is 6.20 Å². The van der Waals surface area contributed by atoms with Gasteiger partial charge in [-0.25, -0.2) is 9.59 Å². The van der Waals surface area contributed by atoms with Crippen LogP contribution in [0.4, 0.5) is 0 Å². The molecule has 1 atom stereocenters. The molecule has 2 rings (SSSR count). The first-order chi connectivity index (χ1) is 11.7. The van der Waals surface area contributed by atoms with E-state index in [1.807, 2.05) is 0 Å². The first-order valence-electron chi connectivity index (χ1n) is 7.84. The van der Waals surface area contributed by atoms with Gasteiger partial charge in [0.25, 0.3) is 0 Å². The van der Waals surface area contributed by atoms with Crippen LogP contribution in [0, 0.1) is 0 Å². The summed E-state index contributed by atoms with van der Waals surface area (Å²) >= 11 is 0. The second-order valence-electron chi connectivity index (χ2n) is 6.55. The van der Waals surface area contributed by atoms with Crippen LogP contribution in [0.3, 0.4) is 0 Å². The average molecular weight is 342 g/mol. The Hall–Kier alpha value is -2.73. The Morgan fingerprint density at radius 2 is 1.72 bits per heavy atom. The van der Waals surface area contributed by atoms with Crippen LogP contribution in [0.2, 0.25) is 0 Å². The molecule has 0 bridgehead atoms. The largest absolute Gasteiger partial charge is 0.465 e. The van der Waals surface area contributed by atoms with Gasteiger partial charge in [0.1, 0.15) is 11.6 Å². The van der Waals surface area contributed by atoms with Crippen molar-refractivity contribution in [3.8, 4) is 11.1 Å². The van der Waals surface area contributed by atoms with Gasteiger partial charge in [0.15, 0.2) is 0 Å². The van der Waals surface area contributed by atoms with Crippen LogP contribution in [0.15, 0.2) is 42.6 Å². The summed E-state index contributed by atoms with van der Waals surface area (Å²) in [6.07, 6.45) is 1.59. The van der Waals surface area contributed by atoms with E-state index in [2.05, 4.69) is 9.72 Å². The molecule has 1 unspecified atom stereocenters. The number of benzene rings is 1. The summed E-state index contributed by atoms with van der Waals surface area (Å²) in [5, 5.41) is 0. The Kier molecular flexibility index (Phi) is 5.54. The van der Waals surface area contributed by atoms with Crippen molar-refractivity contribution in [2.45, 2.75) is 32.4 Å². The molecule has 2 N–H and O–H groups in total. The first kappa shape index (κ1) is 18.6. The molecule has 6 heteroatoms. The lowest BCUT2D eigenvalue weighted by Gasteiger charge is -2.22. The van der Waals surface area contributed by atoms with Crippen molar-refractivity contribution >= 4 is 11.9 Å². The Morgan fingerprint density at radius 1 is 1.08 bits per heavy atom. The van der Waals surface area contributed by atoms with E-state index >= 15 is 0 Å². The molecule has 1 aromatic heterocycles. The standard InChI is InChI=1S/C19H22N2O4/c1-19(2,3)25-18(23)16(20)15-11-14(9-10-21-15)12-5-7-13(8-6-12)17(22)24-4/h5-11,16H,20H2,1-4H3. The minimum absolute atomic E-state index is 0.395. The highest BCUT2D eigenvalue weighted by Gasteiger charge is 2.24. The van der Waals surface area contributed by atoms with Crippen molar-refractivity contribution in [1.29, 1.82) is 0 Å². The Balaban J connectivity index is 2.23. The van der Waals surface area contributed by atoms with Crippen LogP contribution in [0.25, 0.3) is 11.1 Å². The van der Waals surface area contributed by atoms with Crippen molar-refractivity contribution in [3.05, 3.63) is 53.9 Å². The molecule has 0 amide bonds. The fraction of sp³-hybridized carbons (Fsp3) is 0.316. The molecule has 0 aliphatic carbocycles. The second-order valence-corrected chi connectivity index (χ2v) is 6.55. The van der Waals surface area contributed by atoms with E-state index in [-0.39, 0.29) is 0 Å². The maximum atomic E-state index is 12.1.